The quantitative estimate of drug-likeness (QED) is 0.0362. The molecular formula is C35H70N2O2S. The summed E-state index contributed by atoms with van der Waals surface area (Å²) in [6.45, 7) is 6.02. The van der Waals surface area contributed by atoms with E-state index in [1.165, 1.54) is 141 Å². The summed E-state index contributed by atoms with van der Waals surface area (Å²) in [4.78, 5) is 16.4. The van der Waals surface area contributed by atoms with Gasteiger partial charge in [0.05, 0.1) is 18.9 Å². The van der Waals surface area contributed by atoms with Crippen LogP contribution in [0.25, 0.3) is 0 Å². The molecule has 0 atom stereocenters. The minimum absolute atomic E-state index is 0.0438. The van der Waals surface area contributed by atoms with Gasteiger partial charge in [-0.25, -0.2) is 0 Å². The van der Waals surface area contributed by atoms with E-state index in [1.807, 2.05) is 11.8 Å². The first-order valence-electron chi connectivity index (χ1n) is 17.7. The molecule has 0 aliphatic carbocycles. The Balaban J connectivity index is 3.32. The van der Waals surface area contributed by atoms with Crippen molar-refractivity contribution in [1.29, 1.82) is 0 Å². The molecule has 5 heteroatoms. The Morgan fingerprint density at radius 2 is 0.975 bits per heavy atom. The van der Waals surface area contributed by atoms with E-state index in [4.69, 9.17) is 10.5 Å². The van der Waals surface area contributed by atoms with Gasteiger partial charge in [-0.05, 0) is 25.0 Å². The molecule has 0 heterocycles. The highest BCUT2D eigenvalue weighted by atomic mass is 32.2. The molecule has 0 aromatic rings. The molecule has 0 bridgehead atoms. The fourth-order valence-electron chi connectivity index (χ4n) is 5.07. The second-order valence-corrected chi connectivity index (χ2v) is 13.1. The molecule has 0 spiro atoms. The minimum atomic E-state index is -0.0438. The molecule has 40 heavy (non-hydrogen) atoms. The Morgan fingerprint density at radius 1 is 0.550 bits per heavy atom. The van der Waals surface area contributed by atoms with Gasteiger partial charge >= 0.3 is 5.97 Å². The number of carbonyl (C=O) groups is 1. The number of ether oxygens (including phenoxy) is 1. The summed E-state index contributed by atoms with van der Waals surface area (Å²) in [5.41, 5.74) is 6.09. The first-order chi connectivity index (χ1) is 19.7. The van der Waals surface area contributed by atoms with Gasteiger partial charge in [0.15, 0.2) is 0 Å². The number of rotatable bonds is 33. The van der Waals surface area contributed by atoms with Crippen molar-refractivity contribution in [2.24, 2.45) is 10.7 Å². The van der Waals surface area contributed by atoms with Crippen LogP contribution in [0, 0.1) is 0 Å². The largest absolute Gasteiger partial charge is 0.466 e. The molecular weight excluding hydrogens is 512 g/mol. The third-order valence-corrected chi connectivity index (χ3v) is 8.83. The molecule has 0 aromatic carbocycles. The van der Waals surface area contributed by atoms with Gasteiger partial charge in [0.2, 0.25) is 0 Å². The van der Waals surface area contributed by atoms with Crippen molar-refractivity contribution in [2.45, 2.75) is 187 Å². The molecule has 2 N–H and O–H groups in total. The number of aliphatic imine (C=N–C) groups is 1. The van der Waals surface area contributed by atoms with Gasteiger partial charge < -0.3 is 10.5 Å². The first kappa shape index (κ1) is 39.3. The molecule has 4 nitrogen and oxygen atoms in total. The van der Waals surface area contributed by atoms with Crippen molar-refractivity contribution in [1.82, 2.24) is 0 Å². The van der Waals surface area contributed by atoms with Crippen molar-refractivity contribution in [3.63, 3.8) is 0 Å². The summed E-state index contributed by atoms with van der Waals surface area (Å²) in [6, 6.07) is 0. The monoisotopic (exact) mass is 583 g/mol. The maximum atomic E-state index is 11.9. The normalized spacial score (nSPS) is 11.8. The Bertz CT molecular complexity index is 541. The SMILES string of the molecule is CCCCCCCCCCCCCCCCN=C(N)CCCSCCC(=O)OCCCCCCCCCCCC. The molecule has 0 aliphatic rings. The smallest absolute Gasteiger partial charge is 0.306 e. The zero-order valence-electron chi connectivity index (χ0n) is 27.2. The van der Waals surface area contributed by atoms with Crippen molar-refractivity contribution in [3.8, 4) is 0 Å². The summed E-state index contributed by atoms with van der Waals surface area (Å²) in [5.74, 6) is 2.62. The van der Waals surface area contributed by atoms with Gasteiger partial charge in [-0.15, -0.1) is 0 Å². The lowest BCUT2D eigenvalue weighted by atomic mass is 10.0. The standard InChI is InChI=1S/C35H70N2O2S/c1-3-5-7-9-11-13-15-16-17-18-19-21-23-25-30-37-34(36)28-27-32-40-33-29-35(38)39-31-26-24-22-20-14-12-10-8-6-4-2/h3-33H2,1-2H3,(H2,36,37). The Labute approximate surface area is 255 Å². The van der Waals surface area contributed by atoms with E-state index in [1.54, 1.807) is 0 Å². The van der Waals surface area contributed by atoms with Crippen LogP contribution in [0.4, 0.5) is 0 Å². The lowest BCUT2D eigenvalue weighted by Gasteiger charge is -2.06. The second kappa shape index (κ2) is 34.5. The van der Waals surface area contributed by atoms with Gasteiger partial charge in [0, 0.05) is 18.7 Å². The minimum Gasteiger partial charge on any atom is -0.466 e. The third kappa shape index (κ3) is 33.5. The molecule has 0 rings (SSSR count). The maximum absolute atomic E-state index is 11.9. The summed E-state index contributed by atoms with van der Waals surface area (Å²) in [7, 11) is 0. The fraction of sp³-hybridized carbons (Fsp3) is 0.943. The number of thioether (sulfide) groups is 1. The van der Waals surface area contributed by atoms with E-state index in [9.17, 15) is 4.79 Å². The van der Waals surface area contributed by atoms with Crippen LogP contribution >= 0.6 is 11.8 Å². The highest BCUT2D eigenvalue weighted by Gasteiger charge is 2.03. The molecule has 0 fully saturated rings. The van der Waals surface area contributed by atoms with Crippen LogP contribution in [-0.4, -0.2) is 36.5 Å². The van der Waals surface area contributed by atoms with E-state index in [0.717, 1.165) is 49.6 Å². The predicted octanol–water partition coefficient (Wildman–Crippen LogP) is 11.2. The van der Waals surface area contributed by atoms with Crippen molar-refractivity contribution in [2.75, 3.05) is 24.7 Å². The van der Waals surface area contributed by atoms with E-state index in [0.29, 0.717) is 13.0 Å². The molecule has 0 amide bonds. The van der Waals surface area contributed by atoms with E-state index in [2.05, 4.69) is 18.8 Å². The van der Waals surface area contributed by atoms with Gasteiger partial charge in [0.1, 0.15) is 0 Å². The Morgan fingerprint density at radius 3 is 1.45 bits per heavy atom. The number of hydrogen-bond acceptors (Lipinski definition) is 4. The number of nitrogens with zero attached hydrogens (tertiary/aromatic N) is 1. The number of hydrogen-bond donors (Lipinski definition) is 1. The van der Waals surface area contributed by atoms with Gasteiger partial charge in [-0.1, -0.05) is 155 Å². The third-order valence-electron chi connectivity index (χ3n) is 7.76. The van der Waals surface area contributed by atoms with Crippen LogP contribution in [0.15, 0.2) is 4.99 Å². The summed E-state index contributed by atoms with van der Waals surface area (Å²) >= 11 is 1.82. The van der Waals surface area contributed by atoms with Gasteiger partial charge in [0.25, 0.3) is 0 Å². The van der Waals surface area contributed by atoms with Crippen LogP contribution < -0.4 is 5.73 Å². The Hall–Kier alpha value is -0.710. The topological polar surface area (TPSA) is 64.7 Å². The number of carbonyl (C=O) groups excluding carboxylic acids is 1. The lowest BCUT2D eigenvalue weighted by molar-refractivity contribution is -0.143. The lowest BCUT2D eigenvalue weighted by Crippen LogP contribution is -2.12. The van der Waals surface area contributed by atoms with Crippen molar-refractivity contribution in [3.05, 3.63) is 0 Å². The van der Waals surface area contributed by atoms with Crippen LogP contribution in [0.5, 0.6) is 0 Å². The zero-order chi connectivity index (χ0) is 29.2. The van der Waals surface area contributed by atoms with Crippen LogP contribution in [0.2, 0.25) is 0 Å². The molecule has 0 saturated carbocycles. The molecule has 0 saturated heterocycles. The average molecular weight is 583 g/mol. The van der Waals surface area contributed by atoms with Crippen molar-refractivity contribution < 1.29 is 9.53 Å². The highest BCUT2D eigenvalue weighted by molar-refractivity contribution is 7.99. The van der Waals surface area contributed by atoms with Crippen LogP contribution in [0.3, 0.4) is 0 Å². The maximum Gasteiger partial charge on any atom is 0.306 e. The highest BCUT2D eigenvalue weighted by Crippen LogP contribution is 2.14. The summed E-state index contributed by atoms with van der Waals surface area (Å²) in [5, 5.41) is 0. The van der Waals surface area contributed by atoms with E-state index >= 15 is 0 Å². The average Bonchev–Trinajstić information content (AvgIpc) is 2.95. The van der Waals surface area contributed by atoms with E-state index in [-0.39, 0.29) is 5.97 Å². The van der Waals surface area contributed by atoms with E-state index < -0.39 is 0 Å². The fourth-order valence-corrected chi connectivity index (χ4v) is 5.93. The molecule has 238 valence electrons. The second-order valence-electron chi connectivity index (χ2n) is 11.8. The zero-order valence-corrected chi connectivity index (χ0v) is 28.0. The predicted molar refractivity (Wildman–Crippen MR) is 181 cm³/mol. The molecule has 0 aliphatic heterocycles. The number of nitrogens with two attached hydrogens (primary N) is 1. The summed E-state index contributed by atoms with van der Waals surface area (Å²) in [6.07, 6.45) is 34.8. The van der Waals surface area contributed by atoms with Gasteiger partial charge in [-0.3, -0.25) is 9.79 Å². The van der Waals surface area contributed by atoms with Crippen LogP contribution in [0.1, 0.15) is 187 Å². The Kier molecular flexibility index (Phi) is 33.9. The van der Waals surface area contributed by atoms with Crippen molar-refractivity contribution >= 4 is 23.6 Å². The van der Waals surface area contributed by atoms with Gasteiger partial charge in [-0.2, -0.15) is 11.8 Å². The number of unbranched alkanes of at least 4 members (excludes halogenated alkanes) is 22. The van der Waals surface area contributed by atoms with Crippen LogP contribution in [-0.2, 0) is 9.53 Å². The number of amidine groups is 1. The first-order valence-corrected chi connectivity index (χ1v) is 18.9. The molecule has 0 radical (unpaired) electrons. The molecule has 0 unspecified atom stereocenters. The molecule has 0 aromatic heterocycles. The summed E-state index contributed by atoms with van der Waals surface area (Å²) < 4.78 is 5.39. The number of esters is 1.